The second kappa shape index (κ2) is 7.08. The maximum Gasteiger partial charge on any atom is 0.167 e. The Morgan fingerprint density at radius 3 is 2.89 bits per heavy atom. The number of aryl methyl sites for hydroxylation is 1. The highest BCUT2D eigenvalue weighted by Gasteiger charge is 2.53. The van der Waals surface area contributed by atoms with Crippen molar-refractivity contribution in [3.8, 4) is 11.5 Å². The molecule has 3 aliphatic rings. The summed E-state index contributed by atoms with van der Waals surface area (Å²) in [6.07, 6.45) is 8.41. The molecule has 1 aromatic heterocycles. The van der Waals surface area contributed by atoms with Gasteiger partial charge in [0.1, 0.15) is 5.60 Å². The van der Waals surface area contributed by atoms with Crippen molar-refractivity contribution in [1.82, 2.24) is 14.5 Å². The number of hydrogen-bond donors (Lipinski definition) is 0. The van der Waals surface area contributed by atoms with Crippen LogP contribution in [0, 0.1) is 5.92 Å². The van der Waals surface area contributed by atoms with Gasteiger partial charge >= 0.3 is 0 Å². The van der Waals surface area contributed by atoms with Crippen LogP contribution in [-0.2, 0) is 18.3 Å². The summed E-state index contributed by atoms with van der Waals surface area (Å²) >= 11 is 0. The zero-order valence-corrected chi connectivity index (χ0v) is 16.8. The van der Waals surface area contributed by atoms with Gasteiger partial charge in [-0.15, -0.1) is 0 Å². The lowest BCUT2D eigenvalue weighted by Crippen LogP contribution is -2.57. The van der Waals surface area contributed by atoms with E-state index in [4.69, 9.17) is 14.2 Å². The van der Waals surface area contributed by atoms with Gasteiger partial charge in [-0.3, -0.25) is 4.90 Å². The summed E-state index contributed by atoms with van der Waals surface area (Å²) in [5.41, 5.74) is 2.13. The standard InChI is InChI=1S/C22H29N3O3/c1-24-13-16(23-15-24)14-25-10-8-22(9-11-25)18-6-4-12-27-20(18)17-5-3-7-19(26-2)21(17)28-22/h3,5,7,13,15,18,20H,4,6,8-12,14H2,1-2H3/t18-,20+/m0/s1. The number of nitrogens with zero attached hydrogens (tertiary/aromatic N) is 3. The van der Waals surface area contributed by atoms with Crippen molar-refractivity contribution in [3.05, 3.63) is 42.0 Å². The molecule has 150 valence electrons. The summed E-state index contributed by atoms with van der Waals surface area (Å²) in [4.78, 5) is 6.98. The summed E-state index contributed by atoms with van der Waals surface area (Å²) in [5, 5.41) is 0. The number of para-hydroxylation sites is 1. The minimum absolute atomic E-state index is 0.120. The number of hydrogen-bond acceptors (Lipinski definition) is 5. The van der Waals surface area contributed by atoms with Gasteiger partial charge in [-0.1, -0.05) is 12.1 Å². The van der Waals surface area contributed by atoms with Crippen molar-refractivity contribution in [2.24, 2.45) is 13.0 Å². The number of benzene rings is 1. The van der Waals surface area contributed by atoms with E-state index in [9.17, 15) is 0 Å². The first kappa shape index (κ1) is 18.0. The van der Waals surface area contributed by atoms with Crippen molar-refractivity contribution < 1.29 is 14.2 Å². The Morgan fingerprint density at radius 1 is 1.29 bits per heavy atom. The summed E-state index contributed by atoms with van der Waals surface area (Å²) in [6.45, 7) is 3.77. The molecule has 2 aromatic rings. The van der Waals surface area contributed by atoms with Gasteiger partial charge in [-0.05, 0) is 18.9 Å². The molecule has 4 heterocycles. The van der Waals surface area contributed by atoms with E-state index in [1.54, 1.807) is 7.11 Å². The van der Waals surface area contributed by atoms with E-state index in [1.165, 1.54) is 6.42 Å². The quantitative estimate of drug-likeness (QED) is 0.814. The third kappa shape index (κ3) is 2.99. The van der Waals surface area contributed by atoms with Gasteiger partial charge in [0.25, 0.3) is 0 Å². The van der Waals surface area contributed by atoms with Crippen molar-refractivity contribution >= 4 is 0 Å². The first-order valence-corrected chi connectivity index (χ1v) is 10.4. The largest absolute Gasteiger partial charge is 0.493 e. The maximum atomic E-state index is 6.80. The van der Waals surface area contributed by atoms with Gasteiger partial charge in [0, 0.05) is 63.8 Å². The van der Waals surface area contributed by atoms with Crippen molar-refractivity contribution in [3.63, 3.8) is 0 Å². The minimum Gasteiger partial charge on any atom is -0.493 e. The zero-order chi connectivity index (χ0) is 19.1. The molecule has 3 aliphatic heterocycles. The number of fused-ring (bicyclic) bond motifs is 4. The summed E-state index contributed by atoms with van der Waals surface area (Å²) in [6, 6.07) is 6.18. The molecule has 28 heavy (non-hydrogen) atoms. The highest BCUT2D eigenvalue weighted by molar-refractivity contribution is 5.50. The molecule has 0 amide bonds. The van der Waals surface area contributed by atoms with Gasteiger partial charge in [0.05, 0.1) is 25.2 Å². The van der Waals surface area contributed by atoms with Crippen LogP contribution in [0.2, 0.25) is 0 Å². The van der Waals surface area contributed by atoms with Crippen LogP contribution in [0.3, 0.4) is 0 Å². The summed E-state index contributed by atoms with van der Waals surface area (Å²) in [5.74, 6) is 2.13. The lowest BCUT2D eigenvalue weighted by atomic mass is 9.70. The van der Waals surface area contributed by atoms with E-state index in [0.29, 0.717) is 5.92 Å². The third-order valence-corrected chi connectivity index (χ3v) is 6.69. The van der Waals surface area contributed by atoms with E-state index in [2.05, 4.69) is 22.1 Å². The molecule has 1 aromatic carbocycles. The molecular weight excluding hydrogens is 354 g/mol. The van der Waals surface area contributed by atoms with Gasteiger partial charge in [0.2, 0.25) is 0 Å². The van der Waals surface area contributed by atoms with Crippen LogP contribution in [0.1, 0.15) is 43.0 Å². The first-order valence-electron chi connectivity index (χ1n) is 10.4. The van der Waals surface area contributed by atoms with Crippen LogP contribution in [-0.4, -0.2) is 46.9 Å². The fourth-order valence-corrected chi connectivity index (χ4v) is 5.27. The molecule has 2 fully saturated rings. The monoisotopic (exact) mass is 383 g/mol. The molecule has 1 spiro atoms. The van der Waals surface area contributed by atoms with Crippen molar-refractivity contribution in [2.45, 2.75) is 43.9 Å². The number of rotatable bonds is 3. The molecule has 5 rings (SSSR count). The van der Waals surface area contributed by atoms with Gasteiger partial charge in [-0.2, -0.15) is 0 Å². The number of imidazole rings is 1. The molecular formula is C22H29N3O3. The number of piperidine rings is 1. The molecule has 0 aliphatic carbocycles. The van der Waals surface area contributed by atoms with E-state index in [0.717, 1.165) is 68.3 Å². The Labute approximate surface area is 166 Å². The second-order valence-electron chi connectivity index (χ2n) is 8.39. The average molecular weight is 383 g/mol. The van der Waals surface area contributed by atoms with Crippen molar-refractivity contribution in [1.29, 1.82) is 0 Å². The normalized spacial score (nSPS) is 26.4. The van der Waals surface area contributed by atoms with Gasteiger partial charge < -0.3 is 18.8 Å². The van der Waals surface area contributed by atoms with Crippen LogP contribution in [0.15, 0.2) is 30.7 Å². The molecule has 2 atom stereocenters. The highest BCUT2D eigenvalue weighted by Crippen LogP contribution is 2.55. The summed E-state index contributed by atoms with van der Waals surface area (Å²) < 4.78 is 20.7. The SMILES string of the molecule is COc1cccc2c1OC1(CCN(Cc3cn(C)cn3)CC1)[C@H]1CCCO[C@H]21. The molecule has 0 unspecified atom stereocenters. The third-order valence-electron chi connectivity index (χ3n) is 6.69. The Kier molecular flexibility index (Phi) is 4.56. The van der Waals surface area contributed by atoms with E-state index in [-0.39, 0.29) is 11.7 Å². The van der Waals surface area contributed by atoms with Crippen LogP contribution < -0.4 is 9.47 Å². The molecule has 6 nitrogen and oxygen atoms in total. The smallest absolute Gasteiger partial charge is 0.167 e. The topological polar surface area (TPSA) is 48.8 Å². The number of aromatic nitrogens is 2. The molecule has 6 heteroatoms. The number of ether oxygens (including phenoxy) is 3. The Hall–Kier alpha value is -2.05. The molecule has 0 radical (unpaired) electrons. The number of methoxy groups -OCH3 is 1. The molecule has 0 saturated carbocycles. The number of likely N-dealkylation sites (tertiary alicyclic amines) is 1. The van der Waals surface area contributed by atoms with Gasteiger partial charge in [0.15, 0.2) is 11.5 Å². The highest BCUT2D eigenvalue weighted by atomic mass is 16.5. The Morgan fingerprint density at radius 2 is 2.14 bits per heavy atom. The van der Waals surface area contributed by atoms with E-state index >= 15 is 0 Å². The molecule has 0 N–H and O–H groups in total. The van der Waals surface area contributed by atoms with E-state index in [1.807, 2.05) is 30.1 Å². The molecule has 0 bridgehead atoms. The van der Waals surface area contributed by atoms with Gasteiger partial charge in [-0.25, -0.2) is 4.98 Å². The predicted molar refractivity (Wildman–Crippen MR) is 105 cm³/mol. The zero-order valence-electron chi connectivity index (χ0n) is 16.8. The second-order valence-corrected chi connectivity index (χ2v) is 8.39. The fraction of sp³-hybridized carbons (Fsp3) is 0.591. The average Bonchev–Trinajstić information content (AvgIpc) is 3.14. The molecule has 2 saturated heterocycles. The Balaban J connectivity index is 1.40. The lowest BCUT2D eigenvalue weighted by molar-refractivity contribution is -0.150. The van der Waals surface area contributed by atoms with Crippen LogP contribution in [0.4, 0.5) is 0 Å². The maximum absolute atomic E-state index is 6.80. The fourth-order valence-electron chi connectivity index (χ4n) is 5.27. The van der Waals surface area contributed by atoms with Crippen LogP contribution >= 0.6 is 0 Å². The van der Waals surface area contributed by atoms with E-state index < -0.39 is 0 Å². The van der Waals surface area contributed by atoms with Crippen LogP contribution in [0.5, 0.6) is 11.5 Å². The van der Waals surface area contributed by atoms with Crippen molar-refractivity contribution in [2.75, 3.05) is 26.8 Å². The summed E-state index contributed by atoms with van der Waals surface area (Å²) in [7, 11) is 3.74. The minimum atomic E-state index is -0.159. The lowest BCUT2D eigenvalue weighted by Gasteiger charge is -2.53. The predicted octanol–water partition coefficient (Wildman–Crippen LogP) is 3.32. The first-order chi connectivity index (χ1) is 13.7. The van der Waals surface area contributed by atoms with Crippen LogP contribution in [0.25, 0.3) is 0 Å². The Bertz CT molecular complexity index is 841.